The first-order valence-corrected chi connectivity index (χ1v) is 8.55. The lowest BCUT2D eigenvalue weighted by Gasteiger charge is -2.15. The van der Waals surface area contributed by atoms with E-state index in [0.717, 1.165) is 35.0 Å². The van der Waals surface area contributed by atoms with Crippen molar-refractivity contribution >= 4 is 38.3 Å². The Balaban J connectivity index is 2.13. The third-order valence-electron chi connectivity index (χ3n) is 3.94. The van der Waals surface area contributed by atoms with Crippen LogP contribution in [0.25, 0.3) is 21.1 Å². The van der Waals surface area contributed by atoms with E-state index in [-0.39, 0.29) is 11.5 Å². The summed E-state index contributed by atoms with van der Waals surface area (Å²) in [6.45, 7) is 4.81. The molecule has 23 heavy (non-hydrogen) atoms. The second-order valence-corrected chi connectivity index (χ2v) is 6.88. The molecular formula is C18H19NO3S. The maximum Gasteiger partial charge on any atom is 0.345 e. The quantitative estimate of drug-likeness (QED) is 0.674. The van der Waals surface area contributed by atoms with Crippen LogP contribution in [0, 0.1) is 6.92 Å². The van der Waals surface area contributed by atoms with Crippen molar-refractivity contribution in [2.75, 3.05) is 13.6 Å². The van der Waals surface area contributed by atoms with E-state index in [1.54, 1.807) is 24.1 Å². The van der Waals surface area contributed by atoms with Gasteiger partial charge in [0.25, 0.3) is 5.91 Å². The summed E-state index contributed by atoms with van der Waals surface area (Å²) in [7, 11) is 1.80. The lowest BCUT2D eigenvalue weighted by molar-refractivity contribution is 0.0798. The molecule has 3 aromatic rings. The van der Waals surface area contributed by atoms with Crippen LogP contribution in [0.1, 0.15) is 35.0 Å². The molecule has 4 nitrogen and oxygen atoms in total. The predicted octanol–water partition coefficient (Wildman–Crippen LogP) is 4.19. The molecule has 0 aliphatic carbocycles. The second kappa shape index (κ2) is 6.16. The summed E-state index contributed by atoms with van der Waals surface area (Å²) in [5.74, 6) is -0.0418. The Morgan fingerprint density at radius 3 is 2.78 bits per heavy atom. The number of carbonyl (C=O) groups excluding carboxylic acids is 1. The summed E-state index contributed by atoms with van der Waals surface area (Å²) < 4.78 is 6.20. The first-order chi connectivity index (χ1) is 11.0. The van der Waals surface area contributed by atoms with Gasteiger partial charge in [-0.05, 0) is 31.5 Å². The van der Waals surface area contributed by atoms with E-state index in [2.05, 4.69) is 6.92 Å². The van der Waals surface area contributed by atoms with Gasteiger partial charge in [0.1, 0.15) is 5.58 Å². The number of fused-ring (bicyclic) bond motifs is 3. The van der Waals surface area contributed by atoms with Crippen LogP contribution in [0.4, 0.5) is 0 Å². The lowest BCUT2D eigenvalue weighted by Crippen LogP contribution is -2.26. The van der Waals surface area contributed by atoms with Crippen molar-refractivity contribution in [3.05, 3.63) is 45.1 Å². The van der Waals surface area contributed by atoms with Crippen LogP contribution in [0.2, 0.25) is 0 Å². The third-order valence-corrected chi connectivity index (χ3v) is 5.10. The molecule has 5 heteroatoms. The topological polar surface area (TPSA) is 50.5 Å². The highest BCUT2D eigenvalue weighted by molar-refractivity contribution is 7.21. The minimum absolute atomic E-state index is 0.0418. The van der Waals surface area contributed by atoms with E-state index in [9.17, 15) is 9.59 Å². The molecule has 0 aliphatic rings. The van der Waals surface area contributed by atoms with Crippen molar-refractivity contribution in [1.29, 1.82) is 0 Å². The molecule has 0 fully saturated rings. The molecule has 2 aromatic heterocycles. The maximum absolute atomic E-state index is 12.5. The Hall–Kier alpha value is -2.14. The van der Waals surface area contributed by atoms with Gasteiger partial charge in [-0.15, -0.1) is 11.3 Å². The summed E-state index contributed by atoms with van der Waals surface area (Å²) >= 11 is 1.37. The number of aryl methyl sites for hydroxylation is 1. The van der Waals surface area contributed by atoms with E-state index >= 15 is 0 Å². The van der Waals surface area contributed by atoms with Crippen molar-refractivity contribution < 1.29 is 9.21 Å². The number of nitrogens with zero attached hydrogens (tertiary/aromatic N) is 1. The molecular weight excluding hydrogens is 310 g/mol. The van der Waals surface area contributed by atoms with Crippen LogP contribution in [-0.4, -0.2) is 24.4 Å². The highest BCUT2D eigenvalue weighted by atomic mass is 32.1. The molecule has 0 saturated carbocycles. The van der Waals surface area contributed by atoms with Gasteiger partial charge in [-0.1, -0.05) is 25.0 Å². The van der Waals surface area contributed by atoms with Gasteiger partial charge in [0.15, 0.2) is 0 Å². The smallest absolute Gasteiger partial charge is 0.345 e. The first-order valence-electron chi connectivity index (χ1n) is 7.73. The predicted molar refractivity (Wildman–Crippen MR) is 94.5 cm³/mol. The number of amides is 1. The van der Waals surface area contributed by atoms with Gasteiger partial charge in [0.2, 0.25) is 0 Å². The molecule has 0 saturated heterocycles. The number of thiophene rings is 1. The summed E-state index contributed by atoms with van der Waals surface area (Å²) in [5, 5.41) is 1.38. The van der Waals surface area contributed by atoms with E-state index in [0.29, 0.717) is 15.8 Å². The minimum Gasteiger partial charge on any atom is -0.422 e. The maximum atomic E-state index is 12.5. The number of rotatable bonds is 4. The average Bonchev–Trinajstić information content (AvgIpc) is 2.99. The molecule has 0 N–H and O–H groups in total. The molecule has 2 heterocycles. The van der Waals surface area contributed by atoms with Gasteiger partial charge in [0.05, 0.1) is 15.0 Å². The van der Waals surface area contributed by atoms with Gasteiger partial charge in [0, 0.05) is 19.0 Å². The summed E-state index contributed by atoms with van der Waals surface area (Å²) in [6, 6.07) is 7.37. The highest BCUT2D eigenvalue weighted by Crippen LogP contribution is 2.31. The second-order valence-electron chi connectivity index (χ2n) is 5.82. The molecule has 120 valence electrons. The number of benzene rings is 1. The average molecular weight is 329 g/mol. The first kappa shape index (κ1) is 15.7. The van der Waals surface area contributed by atoms with Gasteiger partial charge in [-0.25, -0.2) is 4.79 Å². The van der Waals surface area contributed by atoms with Crippen LogP contribution in [0.5, 0.6) is 0 Å². The number of unbranched alkanes of at least 4 members (excludes halogenated alkanes) is 1. The molecule has 1 aromatic carbocycles. The summed E-state index contributed by atoms with van der Waals surface area (Å²) in [6.07, 6.45) is 2.01. The molecule has 0 radical (unpaired) electrons. The fourth-order valence-electron chi connectivity index (χ4n) is 2.60. The Labute approximate surface area is 138 Å². The molecule has 0 spiro atoms. The highest BCUT2D eigenvalue weighted by Gasteiger charge is 2.18. The standard InChI is InChI=1S/C18H19NO3S/c1-4-5-8-19(3)17(20)15-10-13-16(23-15)12-9-11(2)6-7-14(12)22-18(13)21/h6-7,9-10H,4-5,8H2,1-3H3. The van der Waals surface area contributed by atoms with Crippen molar-refractivity contribution in [2.24, 2.45) is 0 Å². The Bertz CT molecular complexity index is 938. The fraction of sp³-hybridized carbons (Fsp3) is 0.333. The monoisotopic (exact) mass is 329 g/mol. The van der Waals surface area contributed by atoms with E-state index in [4.69, 9.17) is 4.42 Å². The lowest BCUT2D eigenvalue weighted by atomic mass is 10.1. The zero-order valence-electron chi connectivity index (χ0n) is 13.5. The fourth-order valence-corrected chi connectivity index (χ4v) is 3.76. The van der Waals surface area contributed by atoms with Gasteiger partial charge >= 0.3 is 5.63 Å². The molecule has 0 atom stereocenters. The molecule has 0 bridgehead atoms. The molecule has 0 aliphatic heterocycles. The van der Waals surface area contributed by atoms with E-state index in [1.807, 2.05) is 19.1 Å². The van der Waals surface area contributed by atoms with Gasteiger partial charge in [-0.3, -0.25) is 4.79 Å². The number of hydrogen-bond donors (Lipinski definition) is 0. The van der Waals surface area contributed by atoms with Gasteiger partial charge in [-0.2, -0.15) is 0 Å². The van der Waals surface area contributed by atoms with Crippen molar-refractivity contribution in [3.8, 4) is 0 Å². The number of carbonyl (C=O) groups is 1. The summed E-state index contributed by atoms with van der Waals surface area (Å²) in [4.78, 5) is 27.0. The van der Waals surface area contributed by atoms with Crippen molar-refractivity contribution in [2.45, 2.75) is 26.7 Å². The largest absolute Gasteiger partial charge is 0.422 e. The Morgan fingerprint density at radius 2 is 2.04 bits per heavy atom. The molecule has 0 unspecified atom stereocenters. The van der Waals surface area contributed by atoms with Crippen LogP contribution in [0.3, 0.4) is 0 Å². The minimum atomic E-state index is -0.386. The molecule has 1 amide bonds. The van der Waals surface area contributed by atoms with Crippen molar-refractivity contribution in [3.63, 3.8) is 0 Å². The van der Waals surface area contributed by atoms with Crippen LogP contribution < -0.4 is 5.63 Å². The molecule has 3 rings (SSSR count). The zero-order valence-corrected chi connectivity index (χ0v) is 14.3. The number of hydrogen-bond acceptors (Lipinski definition) is 4. The summed E-state index contributed by atoms with van der Waals surface area (Å²) in [5.41, 5.74) is 1.27. The Kier molecular flexibility index (Phi) is 4.22. The van der Waals surface area contributed by atoms with Gasteiger partial charge < -0.3 is 9.32 Å². The zero-order chi connectivity index (χ0) is 16.6. The van der Waals surface area contributed by atoms with Crippen LogP contribution >= 0.6 is 11.3 Å². The van der Waals surface area contributed by atoms with E-state index in [1.165, 1.54) is 11.3 Å². The SMILES string of the molecule is CCCCN(C)C(=O)c1cc2c(=O)oc3ccc(C)cc3c2s1. The third kappa shape index (κ3) is 2.88. The van der Waals surface area contributed by atoms with Crippen molar-refractivity contribution in [1.82, 2.24) is 4.90 Å². The van der Waals surface area contributed by atoms with Crippen LogP contribution in [-0.2, 0) is 0 Å². The van der Waals surface area contributed by atoms with Crippen LogP contribution in [0.15, 0.2) is 33.5 Å². The normalized spacial score (nSPS) is 11.3. The Morgan fingerprint density at radius 1 is 1.26 bits per heavy atom. The van der Waals surface area contributed by atoms with E-state index < -0.39 is 0 Å².